The van der Waals surface area contributed by atoms with Gasteiger partial charge in [0.05, 0.1) is 17.1 Å². The molecule has 4 aromatic rings. The van der Waals surface area contributed by atoms with Gasteiger partial charge in [-0.1, -0.05) is 13.8 Å². The highest BCUT2D eigenvalue weighted by atomic mass is 16.3. The molecule has 160 valence electrons. The Hall–Kier alpha value is -3.12. The number of carbonyl (C=O) groups excluding carboxylic acids is 1. The molecule has 1 N–H and O–H groups in total. The van der Waals surface area contributed by atoms with E-state index in [1.807, 2.05) is 25.4 Å². The van der Waals surface area contributed by atoms with Gasteiger partial charge in [-0.2, -0.15) is 5.10 Å². The highest BCUT2D eigenvalue weighted by Crippen LogP contribution is 2.44. The second-order valence-corrected chi connectivity index (χ2v) is 8.35. The summed E-state index contributed by atoms with van der Waals surface area (Å²) in [5.41, 5.74) is 5.64. The summed E-state index contributed by atoms with van der Waals surface area (Å²) in [6.07, 6.45) is 4.96. The number of aromatic hydroxyl groups is 1. The number of carbonyl (C=O) groups is 1. The molecule has 0 atom stereocenters. The molecule has 2 heterocycles. The highest BCUT2D eigenvalue weighted by molar-refractivity contribution is 6.18. The number of ketones is 1. The van der Waals surface area contributed by atoms with Crippen molar-refractivity contribution >= 4 is 27.6 Å². The number of phenolic OH excluding ortho intramolecular Hbond substituents is 1. The predicted molar refractivity (Wildman–Crippen MR) is 124 cm³/mol. The van der Waals surface area contributed by atoms with Crippen LogP contribution in [-0.4, -0.2) is 49.8 Å². The van der Waals surface area contributed by atoms with Crippen molar-refractivity contribution in [3.8, 4) is 16.9 Å². The normalized spacial score (nSPS) is 13.7. The molecule has 0 saturated carbocycles. The number of hydrogen-bond donors (Lipinski definition) is 1. The second-order valence-electron chi connectivity index (χ2n) is 8.35. The number of fused-ring (bicyclic) bond motifs is 5. The van der Waals surface area contributed by atoms with Crippen molar-refractivity contribution in [1.82, 2.24) is 19.2 Å². The summed E-state index contributed by atoms with van der Waals surface area (Å²) >= 11 is 0. The minimum absolute atomic E-state index is 0.198. The van der Waals surface area contributed by atoms with Crippen LogP contribution in [0.4, 0.5) is 0 Å². The van der Waals surface area contributed by atoms with Crippen LogP contribution >= 0.6 is 0 Å². The quantitative estimate of drug-likeness (QED) is 0.507. The minimum atomic E-state index is 0.198. The fourth-order valence-electron chi connectivity index (χ4n) is 5.03. The zero-order chi connectivity index (χ0) is 21.7. The SMILES string of the molecule is CCN(CC)CCn1c2ccc(-c3cnn(C)c3)c(O)c2c2c3c(ccc21)C(=O)CC3. The van der Waals surface area contributed by atoms with E-state index in [0.717, 1.165) is 76.7 Å². The van der Waals surface area contributed by atoms with Gasteiger partial charge in [-0.25, -0.2) is 0 Å². The molecular weight excluding hydrogens is 388 g/mol. The Morgan fingerprint density at radius 1 is 1.03 bits per heavy atom. The maximum absolute atomic E-state index is 12.4. The average Bonchev–Trinajstić information content (AvgIpc) is 3.45. The van der Waals surface area contributed by atoms with Crippen LogP contribution in [0.3, 0.4) is 0 Å². The number of rotatable bonds is 6. The first-order valence-corrected chi connectivity index (χ1v) is 11.1. The van der Waals surface area contributed by atoms with E-state index in [0.29, 0.717) is 6.42 Å². The molecule has 5 rings (SSSR count). The lowest BCUT2D eigenvalue weighted by molar-refractivity contribution is 0.0994. The van der Waals surface area contributed by atoms with E-state index in [9.17, 15) is 9.90 Å². The molecule has 2 aromatic heterocycles. The fraction of sp³-hybridized carbons (Fsp3) is 0.360. The molecule has 6 heteroatoms. The van der Waals surface area contributed by atoms with Gasteiger partial charge in [0.15, 0.2) is 5.78 Å². The predicted octanol–water partition coefficient (Wildman–Crippen LogP) is 4.37. The number of aromatic nitrogens is 3. The standard InChI is InChI=1S/C25H28N4O2/c1-4-28(5-2)12-13-29-20-10-7-18-19(8-11-22(18)30)23(20)24-21(29)9-6-17(25(24)31)16-14-26-27(3)15-16/h6-7,9-10,14-15,31H,4-5,8,11-13H2,1-3H3. The van der Waals surface area contributed by atoms with Crippen LogP contribution in [0.15, 0.2) is 36.7 Å². The molecule has 1 aliphatic carbocycles. The van der Waals surface area contributed by atoms with E-state index in [2.05, 4.69) is 40.5 Å². The summed E-state index contributed by atoms with van der Waals surface area (Å²) in [5, 5.41) is 17.6. The van der Waals surface area contributed by atoms with Crippen molar-refractivity contribution in [3.63, 3.8) is 0 Å². The van der Waals surface area contributed by atoms with Gasteiger partial charge in [0.2, 0.25) is 0 Å². The van der Waals surface area contributed by atoms with Crippen molar-refractivity contribution in [2.45, 2.75) is 33.2 Å². The molecule has 0 amide bonds. The molecule has 31 heavy (non-hydrogen) atoms. The third-order valence-corrected chi connectivity index (χ3v) is 6.73. The fourth-order valence-corrected chi connectivity index (χ4v) is 5.03. The van der Waals surface area contributed by atoms with Crippen LogP contribution in [0.2, 0.25) is 0 Å². The summed E-state index contributed by atoms with van der Waals surface area (Å²) in [5.74, 6) is 0.466. The molecule has 2 aromatic carbocycles. The Bertz CT molecular complexity index is 1310. The maximum Gasteiger partial charge on any atom is 0.163 e. The zero-order valence-corrected chi connectivity index (χ0v) is 18.4. The lowest BCUT2D eigenvalue weighted by Gasteiger charge is -2.19. The third kappa shape index (κ3) is 3.05. The summed E-state index contributed by atoms with van der Waals surface area (Å²) in [6.45, 7) is 8.15. The molecule has 0 spiro atoms. The molecule has 6 nitrogen and oxygen atoms in total. The number of phenols is 1. The molecule has 1 aliphatic rings. The molecule has 0 aliphatic heterocycles. The largest absolute Gasteiger partial charge is 0.507 e. The van der Waals surface area contributed by atoms with E-state index in [1.54, 1.807) is 10.9 Å². The van der Waals surface area contributed by atoms with Crippen LogP contribution in [-0.2, 0) is 20.0 Å². The van der Waals surface area contributed by atoms with Crippen LogP contribution in [0.25, 0.3) is 32.9 Å². The third-order valence-electron chi connectivity index (χ3n) is 6.73. The van der Waals surface area contributed by atoms with Crippen LogP contribution in [0, 0.1) is 0 Å². The molecule has 0 saturated heterocycles. The second kappa shape index (κ2) is 7.54. The summed E-state index contributed by atoms with van der Waals surface area (Å²) < 4.78 is 4.04. The summed E-state index contributed by atoms with van der Waals surface area (Å²) in [7, 11) is 1.87. The molecular formula is C25H28N4O2. The van der Waals surface area contributed by atoms with Crippen molar-refractivity contribution in [3.05, 3.63) is 47.8 Å². The van der Waals surface area contributed by atoms with E-state index in [4.69, 9.17) is 0 Å². The monoisotopic (exact) mass is 416 g/mol. The smallest absolute Gasteiger partial charge is 0.163 e. The van der Waals surface area contributed by atoms with Crippen molar-refractivity contribution in [2.24, 2.45) is 7.05 Å². The Morgan fingerprint density at radius 2 is 1.74 bits per heavy atom. The maximum atomic E-state index is 12.4. The topological polar surface area (TPSA) is 63.3 Å². The summed E-state index contributed by atoms with van der Waals surface area (Å²) in [4.78, 5) is 14.8. The number of nitrogens with zero attached hydrogens (tertiary/aromatic N) is 4. The zero-order valence-electron chi connectivity index (χ0n) is 18.4. The average molecular weight is 417 g/mol. The first kappa shape index (κ1) is 19.8. The minimum Gasteiger partial charge on any atom is -0.507 e. The Balaban J connectivity index is 1.78. The molecule has 0 unspecified atom stereocenters. The number of aryl methyl sites for hydroxylation is 2. The first-order valence-electron chi connectivity index (χ1n) is 11.1. The van der Waals surface area contributed by atoms with Gasteiger partial charge in [-0.3, -0.25) is 9.48 Å². The number of Topliss-reactive ketones (excluding diaryl/α,β-unsaturated/α-hetero) is 1. The molecule has 0 fully saturated rings. The van der Waals surface area contributed by atoms with E-state index in [1.165, 1.54) is 0 Å². The highest BCUT2D eigenvalue weighted by Gasteiger charge is 2.27. The first-order chi connectivity index (χ1) is 15.0. The lowest BCUT2D eigenvalue weighted by atomic mass is 9.99. The van der Waals surface area contributed by atoms with Gasteiger partial charge in [0.25, 0.3) is 0 Å². The van der Waals surface area contributed by atoms with Crippen molar-refractivity contribution in [1.29, 1.82) is 0 Å². The Morgan fingerprint density at radius 3 is 2.42 bits per heavy atom. The van der Waals surface area contributed by atoms with E-state index >= 15 is 0 Å². The molecule has 0 radical (unpaired) electrons. The van der Waals surface area contributed by atoms with Crippen molar-refractivity contribution < 1.29 is 9.90 Å². The molecule has 0 bridgehead atoms. The van der Waals surface area contributed by atoms with Gasteiger partial charge >= 0.3 is 0 Å². The van der Waals surface area contributed by atoms with Gasteiger partial charge in [0, 0.05) is 60.3 Å². The van der Waals surface area contributed by atoms with Crippen LogP contribution in [0.5, 0.6) is 5.75 Å². The number of likely N-dealkylation sites (N-methyl/N-ethyl adjacent to an activating group) is 1. The van der Waals surface area contributed by atoms with E-state index in [-0.39, 0.29) is 11.5 Å². The van der Waals surface area contributed by atoms with E-state index < -0.39 is 0 Å². The van der Waals surface area contributed by atoms with Gasteiger partial charge in [0.1, 0.15) is 5.75 Å². The van der Waals surface area contributed by atoms with Crippen LogP contribution in [0.1, 0.15) is 36.2 Å². The number of benzene rings is 2. The Labute approximate surface area is 181 Å². The van der Waals surface area contributed by atoms with Gasteiger partial charge < -0.3 is 14.6 Å². The van der Waals surface area contributed by atoms with Crippen LogP contribution < -0.4 is 0 Å². The lowest BCUT2D eigenvalue weighted by Crippen LogP contribution is -2.26. The van der Waals surface area contributed by atoms with Gasteiger partial charge in [-0.15, -0.1) is 0 Å². The van der Waals surface area contributed by atoms with Gasteiger partial charge in [-0.05, 0) is 49.3 Å². The Kier molecular flexibility index (Phi) is 4.82. The number of hydrogen-bond acceptors (Lipinski definition) is 4. The van der Waals surface area contributed by atoms with Crippen molar-refractivity contribution in [2.75, 3.05) is 19.6 Å². The summed E-state index contributed by atoms with van der Waals surface area (Å²) in [6, 6.07) is 8.11.